The largest absolute Gasteiger partial charge is 0.494 e. The molecule has 1 aromatic rings. The quantitative estimate of drug-likeness (QED) is 0.0808. The molecule has 0 radical (unpaired) electrons. The molecule has 0 bridgehead atoms. The maximum atomic E-state index is 11.9. The molecular weight excluding hydrogens is 524 g/mol. The molecule has 42 heavy (non-hydrogen) atoms. The number of allylic oxidation sites excluding steroid dienone is 3. The summed E-state index contributed by atoms with van der Waals surface area (Å²) in [6.07, 6.45) is 16.0. The van der Waals surface area contributed by atoms with Crippen molar-refractivity contribution >= 4 is 30.2 Å². The number of methoxy groups -OCH3 is 1. The fourth-order valence-electron chi connectivity index (χ4n) is 5.77. The first-order valence-electron chi connectivity index (χ1n) is 15.0. The Balaban J connectivity index is 2.05. The Morgan fingerprint density at radius 2 is 1.95 bits per heavy atom. The molecule has 0 spiro atoms. The summed E-state index contributed by atoms with van der Waals surface area (Å²) in [7, 11) is 1.43. The van der Waals surface area contributed by atoms with E-state index in [1.54, 1.807) is 24.8 Å². The van der Waals surface area contributed by atoms with Gasteiger partial charge in [0.15, 0.2) is 0 Å². The van der Waals surface area contributed by atoms with Crippen LogP contribution in [0, 0.1) is 25.7 Å². The highest BCUT2D eigenvalue weighted by Gasteiger charge is 2.36. The minimum absolute atomic E-state index is 0.143. The van der Waals surface area contributed by atoms with E-state index in [-0.39, 0.29) is 30.0 Å². The Bertz CT molecular complexity index is 1180. The third-order valence-corrected chi connectivity index (χ3v) is 8.02. The van der Waals surface area contributed by atoms with Gasteiger partial charge < -0.3 is 14.2 Å². The van der Waals surface area contributed by atoms with Crippen molar-refractivity contribution in [2.75, 3.05) is 13.7 Å². The van der Waals surface area contributed by atoms with Crippen LogP contribution >= 0.6 is 0 Å². The molecule has 1 aromatic carbocycles. The molecule has 228 valence electrons. The van der Waals surface area contributed by atoms with Crippen LogP contribution in [-0.2, 0) is 19.0 Å². The molecule has 6 heteroatoms. The summed E-state index contributed by atoms with van der Waals surface area (Å²) in [5, 5.41) is 0. The van der Waals surface area contributed by atoms with Crippen molar-refractivity contribution in [3.8, 4) is 0 Å². The van der Waals surface area contributed by atoms with Gasteiger partial charge in [0.05, 0.1) is 44.4 Å². The normalized spacial score (nSPS) is 20.2. The summed E-state index contributed by atoms with van der Waals surface area (Å²) >= 11 is 0. The van der Waals surface area contributed by atoms with E-state index in [0.717, 1.165) is 48.9 Å². The molecular formula is C36H50N2O4. The average Bonchev–Trinajstić information content (AvgIpc) is 3.37. The number of hydrogen-bond acceptors (Lipinski definition) is 6. The number of carbonyl (C=O) groups excluding carboxylic acids is 1. The molecule has 0 amide bonds. The molecule has 0 aromatic heterocycles. The number of aliphatic imine (C=N–C) groups is 2. The van der Waals surface area contributed by atoms with E-state index in [1.165, 1.54) is 29.4 Å². The topological polar surface area (TPSA) is 69.5 Å². The highest BCUT2D eigenvalue weighted by atomic mass is 16.5. The van der Waals surface area contributed by atoms with E-state index in [0.29, 0.717) is 13.0 Å². The SMILES string of the molecule is C=CC(=C)C(CCCC(=CC)c1c(C)cc(C(=CN=CC)N=C)cc1C)OC=CCC1C(CC(=O)OC)COC1CC. The van der Waals surface area contributed by atoms with Crippen molar-refractivity contribution in [3.63, 3.8) is 0 Å². The molecule has 1 aliphatic rings. The van der Waals surface area contributed by atoms with Gasteiger partial charge in [-0.25, -0.2) is 0 Å². The molecule has 0 aliphatic carbocycles. The molecule has 6 nitrogen and oxygen atoms in total. The summed E-state index contributed by atoms with van der Waals surface area (Å²) in [4.78, 5) is 20.2. The molecule has 1 fully saturated rings. The predicted octanol–water partition coefficient (Wildman–Crippen LogP) is 8.60. The molecule has 1 saturated heterocycles. The van der Waals surface area contributed by atoms with Gasteiger partial charge in [-0.15, -0.1) is 0 Å². The predicted molar refractivity (Wildman–Crippen MR) is 177 cm³/mol. The number of aryl methyl sites for hydroxylation is 2. The highest BCUT2D eigenvalue weighted by molar-refractivity contribution is 5.76. The van der Waals surface area contributed by atoms with Crippen LogP contribution < -0.4 is 0 Å². The van der Waals surface area contributed by atoms with Crippen LogP contribution in [0.15, 0.2) is 71.5 Å². The van der Waals surface area contributed by atoms with Crippen LogP contribution in [0.1, 0.15) is 81.5 Å². The summed E-state index contributed by atoms with van der Waals surface area (Å²) in [5.41, 5.74) is 7.62. The van der Waals surface area contributed by atoms with E-state index >= 15 is 0 Å². The van der Waals surface area contributed by atoms with Gasteiger partial charge in [-0.05, 0) is 124 Å². The fourth-order valence-corrected chi connectivity index (χ4v) is 5.77. The molecule has 1 heterocycles. The number of nitrogens with zero attached hydrogens (tertiary/aromatic N) is 2. The van der Waals surface area contributed by atoms with Crippen molar-refractivity contribution in [3.05, 3.63) is 83.8 Å². The lowest BCUT2D eigenvalue weighted by Gasteiger charge is -2.21. The van der Waals surface area contributed by atoms with Gasteiger partial charge in [0, 0.05) is 11.8 Å². The zero-order valence-electron chi connectivity index (χ0n) is 26.5. The second-order valence-corrected chi connectivity index (χ2v) is 10.8. The lowest BCUT2D eigenvalue weighted by atomic mass is 9.85. The van der Waals surface area contributed by atoms with E-state index < -0.39 is 0 Å². The Labute approximate surface area is 253 Å². The summed E-state index contributed by atoms with van der Waals surface area (Å²) in [6.45, 7) is 22.8. The second-order valence-electron chi connectivity index (χ2n) is 10.8. The molecule has 4 atom stereocenters. The minimum atomic E-state index is -0.188. The number of ether oxygens (including phenoxy) is 3. The van der Waals surface area contributed by atoms with Crippen LogP contribution in [-0.4, -0.2) is 44.8 Å². The number of hydrogen-bond donors (Lipinski definition) is 0. The molecule has 1 aliphatic heterocycles. The lowest BCUT2D eigenvalue weighted by molar-refractivity contribution is -0.142. The first kappa shape index (κ1) is 34.7. The average molecular weight is 575 g/mol. The lowest BCUT2D eigenvalue weighted by Crippen LogP contribution is -2.22. The summed E-state index contributed by atoms with van der Waals surface area (Å²) in [5.74, 6) is 0.233. The number of rotatable bonds is 17. The van der Waals surface area contributed by atoms with Crippen molar-refractivity contribution in [2.24, 2.45) is 21.8 Å². The molecule has 2 rings (SSSR count). The van der Waals surface area contributed by atoms with Gasteiger partial charge in [-0.1, -0.05) is 32.2 Å². The zero-order valence-corrected chi connectivity index (χ0v) is 26.5. The number of esters is 1. The number of carbonyl (C=O) groups is 1. The smallest absolute Gasteiger partial charge is 0.305 e. The molecule has 0 N–H and O–H groups in total. The van der Waals surface area contributed by atoms with Crippen LogP contribution in [0.2, 0.25) is 0 Å². The van der Waals surface area contributed by atoms with E-state index in [4.69, 9.17) is 14.2 Å². The highest BCUT2D eigenvalue weighted by Crippen LogP contribution is 2.35. The van der Waals surface area contributed by atoms with Gasteiger partial charge >= 0.3 is 5.97 Å². The van der Waals surface area contributed by atoms with Crippen molar-refractivity contribution in [2.45, 2.75) is 85.4 Å². The van der Waals surface area contributed by atoms with Gasteiger partial charge in [-0.2, -0.15) is 0 Å². The van der Waals surface area contributed by atoms with E-state index in [2.05, 4.69) is 75.8 Å². The molecule has 4 unspecified atom stereocenters. The van der Waals surface area contributed by atoms with E-state index in [1.807, 2.05) is 13.0 Å². The van der Waals surface area contributed by atoms with Crippen LogP contribution in [0.4, 0.5) is 0 Å². The Morgan fingerprint density at radius 3 is 2.52 bits per heavy atom. The van der Waals surface area contributed by atoms with E-state index in [9.17, 15) is 4.79 Å². The zero-order chi connectivity index (χ0) is 31.1. The summed E-state index contributed by atoms with van der Waals surface area (Å²) < 4.78 is 17.0. The van der Waals surface area contributed by atoms with Crippen LogP contribution in [0.5, 0.6) is 0 Å². The summed E-state index contributed by atoms with van der Waals surface area (Å²) in [6, 6.07) is 4.31. The first-order chi connectivity index (χ1) is 20.2. The van der Waals surface area contributed by atoms with Crippen molar-refractivity contribution in [1.82, 2.24) is 0 Å². The third-order valence-electron chi connectivity index (χ3n) is 8.02. The second kappa shape index (κ2) is 18.1. The third kappa shape index (κ3) is 9.80. The number of benzene rings is 1. The van der Waals surface area contributed by atoms with Gasteiger partial charge in [0.2, 0.25) is 0 Å². The van der Waals surface area contributed by atoms with Gasteiger partial charge in [-0.3, -0.25) is 14.8 Å². The Morgan fingerprint density at radius 1 is 1.24 bits per heavy atom. The maximum absolute atomic E-state index is 11.9. The maximum Gasteiger partial charge on any atom is 0.305 e. The Hall–Kier alpha value is -3.51. The Kier molecular flexibility index (Phi) is 15.0. The fraction of sp³-hybridized carbons (Fsp3) is 0.472. The van der Waals surface area contributed by atoms with Crippen molar-refractivity contribution < 1.29 is 19.0 Å². The monoisotopic (exact) mass is 574 g/mol. The minimum Gasteiger partial charge on any atom is -0.494 e. The van der Waals surface area contributed by atoms with Crippen LogP contribution in [0.3, 0.4) is 0 Å². The molecule has 0 saturated carbocycles. The van der Waals surface area contributed by atoms with Gasteiger partial charge in [0.1, 0.15) is 6.10 Å². The van der Waals surface area contributed by atoms with Crippen molar-refractivity contribution in [1.29, 1.82) is 0 Å². The first-order valence-corrected chi connectivity index (χ1v) is 15.0. The van der Waals surface area contributed by atoms with Crippen LogP contribution in [0.25, 0.3) is 11.3 Å². The van der Waals surface area contributed by atoms with Gasteiger partial charge in [0.25, 0.3) is 0 Å². The standard InChI is InChI=1S/C36H50N2O4/c1-10-25(5)34(41-19-15-17-31-30(22-35(39)40-9)24-42-33(31)12-3)18-14-16-28(11-2)36-26(6)20-29(21-27(36)7)32(37-8)23-38-13-4/h10-11,13,15,19-21,23,30-31,33-34H,1,5,8,12,14,16-18,22,24H2,2-4,6-7,9H3.